The largest absolute Gasteiger partial charge is 0.337 e. The van der Waals surface area contributed by atoms with E-state index < -0.39 is 12.1 Å². The minimum Gasteiger partial charge on any atom is -0.337 e. The van der Waals surface area contributed by atoms with Crippen molar-refractivity contribution in [3.05, 3.63) is 453 Å². The van der Waals surface area contributed by atoms with Crippen LogP contribution in [0.2, 0.25) is 0 Å². The van der Waals surface area contributed by atoms with Gasteiger partial charge in [-0.25, -0.2) is 64.8 Å². The van der Waals surface area contributed by atoms with Gasteiger partial charge in [0.05, 0.1) is 28.4 Å². The molecule has 2 unspecified atom stereocenters. The third-order valence-electron chi connectivity index (χ3n) is 24.2. The first-order valence-electron chi connectivity index (χ1n) is 44.1. The first kappa shape index (κ1) is 81.3. The predicted octanol–water partition coefficient (Wildman–Crippen LogP) is 25.9. The Hall–Kier alpha value is -18.5. The summed E-state index contributed by atoms with van der Waals surface area (Å²) in [4.78, 5) is 73.8. The van der Waals surface area contributed by atoms with Crippen molar-refractivity contribution in [1.29, 1.82) is 10.7 Å². The van der Waals surface area contributed by atoms with Crippen LogP contribution in [-0.4, -0.2) is 94.2 Å². The summed E-state index contributed by atoms with van der Waals surface area (Å²) in [5.74, 6) is 6.03. The topological polar surface area (TPSA) is 226 Å². The van der Waals surface area contributed by atoms with Gasteiger partial charge in [0, 0.05) is 119 Å². The van der Waals surface area contributed by atoms with Crippen molar-refractivity contribution in [2.45, 2.75) is 12.1 Å². The van der Waals surface area contributed by atoms with Crippen LogP contribution in [0.1, 0.15) is 28.2 Å². The van der Waals surface area contributed by atoms with Gasteiger partial charge < -0.3 is 14.4 Å². The molecule has 0 saturated carbocycles. The van der Waals surface area contributed by atoms with Crippen LogP contribution in [0.5, 0.6) is 0 Å². The van der Waals surface area contributed by atoms with Gasteiger partial charge in [-0.15, -0.1) is 6.58 Å². The fraction of sp³-hybridized carbons (Fsp3) is 0.0259. The zero-order chi connectivity index (χ0) is 90.0. The number of hydrogen-bond donors (Lipinski definition) is 1. The summed E-state index contributed by atoms with van der Waals surface area (Å²) in [6, 6.07) is 142. The summed E-state index contributed by atoms with van der Waals surface area (Å²) >= 11 is 0. The van der Waals surface area contributed by atoms with Crippen LogP contribution in [0.15, 0.2) is 436 Å². The van der Waals surface area contributed by atoms with E-state index in [2.05, 4.69) is 118 Å². The molecule has 0 radical (unpaired) electrons. The average molecular weight is 1720 g/mol. The lowest BCUT2D eigenvalue weighted by Crippen LogP contribution is -2.48. The van der Waals surface area contributed by atoms with E-state index in [1.165, 1.54) is 0 Å². The van der Waals surface area contributed by atoms with E-state index in [0.29, 0.717) is 92.4 Å². The third kappa shape index (κ3) is 15.9. The van der Waals surface area contributed by atoms with Crippen LogP contribution >= 0.6 is 0 Å². The van der Waals surface area contributed by atoms with Gasteiger partial charge in [0.15, 0.2) is 75.7 Å². The van der Waals surface area contributed by atoms with Crippen LogP contribution in [0, 0.1) is 16.7 Å². The average Bonchev–Trinajstić information content (AvgIpc) is 1.57. The zero-order valence-corrected chi connectivity index (χ0v) is 72.4. The molecule has 1 aliphatic heterocycles. The third-order valence-corrected chi connectivity index (χ3v) is 24.2. The lowest BCUT2D eigenvalue weighted by Gasteiger charge is -2.39. The van der Waals surface area contributed by atoms with Crippen LogP contribution in [0.25, 0.3) is 186 Å². The quantitative estimate of drug-likeness (QED) is 0.0425. The first-order chi connectivity index (χ1) is 66.1. The zero-order valence-electron chi connectivity index (χ0n) is 72.4. The molecule has 0 spiro atoms. The monoisotopic (exact) mass is 1720 g/mol. The predicted molar refractivity (Wildman–Crippen MR) is 534 cm³/mol. The number of rotatable bonds is 20. The fourth-order valence-electron chi connectivity index (χ4n) is 17.7. The molecule has 5 aromatic heterocycles. The SMILES string of the molecule is C=CC1c2cc(-c3nc(-c4ccccc4)nc(-c4ccccc4)n3)ccc2N(c2ccc(-c3ccc(C#N)cc3)cc2-c2cc(-n3c4ccc(-c5nc(-c6ccccc6)nc(-c6ccccc6)n5)cc4c4cc(-c5nc(-c6ccccc6)nc(-c6ccccc6)n5)ccc43)ccc2-c2nc(-c3ccccc3)nc(-c3ccccc3)n2)C1N(C)C(=NC(=N)c1ccccc1)c1ccccc1. The molecule has 0 amide bonds. The summed E-state index contributed by atoms with van der Waals surface area (Å²) in [6.45, 7) is 4.78. The van der Waals surface area contributed by atoms with Crippen molar-refractivity contribution in [3.63, 3.8) is 0 Å². The minimum atomic E-state index is -0.703. The summed E-state index contributed by atoms with van der Waals surface area (Å²) in [7, 11) is 2.06. The molecule has 6 heterocycles. The Labute approximate surface area is 773 Å². The van der Waals surface area contributed by atoms with Crippen molar-refractivity contribution >= 4 is 44.9 Å². The summed E-state index contributed by atoms with van der Waals surface area (Å²) in [6.07, 6.45) is 1.31. The van der Waals surface area contributed by atoms with Gasteiger partial charge in [0.1, 0.15) is 12.0 Å². The summed E-state index contributed by atoms with van der Waals surface area (Å²) in [5, 5.41) is 22.1. The molecule has 16 aromatic carbocycles. The Morgan fingerprint density at radius 2 is 0.634 bits per heavy atom. The number of benzene rings is 16. The van der Waals surface area contributed by atoms with Gasteiger partial charge in [0.2, 0.25) is 0 Å². The maximum absolute atomic E-state index is 10.4. The number of anilines is 2. The molecule has 0 aliphatic carbocycles. The van der Waals surface area contributed by atoms with E-state index in [-0.39, 0.29) is 5.84 Å². The number of amidine groups is 2. The Morgan fingerprint density at radius 1 is 0.313 bits per heavy atom. The number of hydrogen-bond acceptors (Lipinski definition) is 15. The summed E-state index contributed by atoms with van der Waals surface area (Å²) < 4.78 is 2.32. The molecule has 18 heteroatoms. The molecule has 0 fully saturated rings. The summed E-state index contributed by atoms with van der Waals surface area (Å²) in [5.41, 5.74) is 19.7. The van der Waals surface area contributed by atoms with Crippen molar-refractivity contribution in [1.82, 2.24) is 69.3 Å². The molecule has 0 saturated heterocycles. The van der Waals surface area contributed by atoms with Crippen LogP contribution in [-0.2, 0) is 0 Å². The molecule has 18 nitrogen and oxygen atoms in total. The maximum Gasteiger partial charge on any atom is 0.164 e. The highest BCUT2D eigenvalue weighted by Crippen LogP contribution is 2.53. The lowest BCUT2D eigenvalue weighted by molar-refractivity contribution is 0.360. The molecule has 22 rings (SSSR count). The number of likely N-dealkylation sites (N-methyl/N-ethyl adjacent to an activating group) is 1. The maximum atomic E-state index is 10.4. The van der Waals surface area contributed by atoms with Crippen molar-refractivity contribution in [2.75, 3.05) is 11.9 Å². The molecule has 2 atom stereocenters. The van der Waals surface area contributed by atoms with Gasteiger partial charge in [0.25, 0.3) is 0 Å². The Balaban J connectivity index is 0.827. The lowest BCUT2D eigenvalue weighted by atomic mass is 9.92. The molecule has 0 bridgehead atoms. The van der Waals surface area contributed by atoms with Crippen molar-refractivity contribution in [2.24, 2.45) is 4.99 Å². The van der Waals surface area contributed by atoms with Crippen LogP contribution < -0.4 is 4.90 Å². The van der Waals surface area contributed by atoms with Crippen LogP contribution in [0.4, 0.5) is 11.4 Å². The van der Waals surface area contributed by atoms with E-state index in [9.17, 15) is 10.7 Å². The Bertz CT molecular complexity index is 7680. The van der Waals surface area contributed by atoms with Gasteiger partial charge in [-0.1, -0.05) is 328 Å². The minimum absolute atomic E-state index is 0.0720. The number of aliphatic imine (C=N–C) groups is 1. The molecule has 632 valence electrons. The second kappa shape index (κ2) is 35.6. The number of nitrogens with zero attached hydrogens (tertiary/aromatic N) is 17. The van der Waals surface area contributed by atoms with Gasteiger partial charge >= 0.3 is 0 Å². The van der Waals surface area contributed by atoms with Crippen molar-refractivity contribution < 1.29 is 0 Å². The van der Waals surface area contributed by atoms with Gasteiger partial charge in [-0.05, 0) is 119 Å². The van der Waals surface area contributed by atoms with E-state index in [1.807, 2.05) is 334 Å². The fourth-order valence-corrected chi connectivity index (χ4v) is 17.7. The number of nitriles is 1. The van der Waals surface area contributed by atoms with Crippen molar-refractivity contribution in [3.8, 4) is 171 Å². The van der Waals surface area contributed by atoms with E-state index >= 15 is 0 Å². The highest BCUT2D eigenvalue weighted by atomic mass is 15.4. The molecule has 1 aliphatic rings. The number of nitrogens with one attached hydrogen (secondary N) is 1. The van der Waals surface area contributed by atoms with E-state index in [0.717, 1.165) is 133 Å². The molecule has 21 aromatic rings. The molecular weight excluding hydrogens is 1650 g/mol. The highest BCUT2D eigenvalue weighted by Gasteiger charge is 2.44. The molecular formula is C116H78N18. The van der Waals surface area contributed by atoms with E-state index in [1.54, 1.807) is 0 Å². The van der Waals surface area contributed by atoms with Gasteiger partial charge in [-0.2, -0.15) is 5.26 Å². The highest BCUT2D eigenvalue weighted by molar-refractivity contribution is 6.13. The first-order valence-corrected chi connectivity index (χ1v) is 44.1. The molecule has 134 heavy (non-hydrogen) atoms. The number of fused-ring (bicyclic) bond motifs is 4. The normalized spacial score (nSPS) is 12.9. The van der Waals surface area contributed by atoms with Crippen LogP contribution in [0.3, 0.4) is 0 Å². The smallest absolute Gasteiger partial charge is 0.164 e. The standard InChI is InChI=1S/C116H78N18/c1-3-91-94-69-87(111-124-103(77-36-16-5-17-37-77)120-104(125-111)78-38-18-6-19-39-78)61-67-100(94)134(116(91)132(2)115(85-52-32-13-33-53-85)119-102(118)76-34-14-4-15-35-76)101-64-58-86(75-56-54-74(73-117)55-57-75)68-95(101)93-72-90(62-63-92(93)114-130-109(83-48-28-11-29-49-83)123-110(131-114)84-50-30-12-31-51-84)133-98-65-59-88(112-126-105(79-40-20-7-21-41-79)121-106(127-112)80-42-22-8-23-43-80)70-96(98)97-71-89(60-66-99(97)133)113-128-107(81-44-24-9-25-45-81)122-108(129-113)82-46-26-10-27-47-82/h3-72,91,116,118H,1H2,2H3. The Kier molecular flexibility index (Phi) is 21.6. The number of aromatic nitrogens is 13. The Morgan fingerprint density at radius 3 is 1.01 bits per heavy atom. The van der Waals surface area contributed by atoms with Gasteiger partial charge in [-0.3, -0.25) is 5.41 Å². The van der Waals surface area contributed by atoms with E-state index in [4.69, 9.17) is 71.4 Å². The second-order valence-corrected chi connectivity index (χ2v) is 32.5. The molecule has 1 N–H and O–H groups in total. The second-order valence-electron chi connectivity index (χ2n) is 32.5.